The molecule has 0 rings (SSSR count). The van der Waals surface area contributed by atoms with E-state index in [9.17, 15) is 30.7 Å². The molecular formula is C5H3Cl2F7O2. The van der Waals surface area contributed by atoms with E-state index in [4.69, 9.17) is 10.2 Å². The van der Waals surface area contributed by atoms with Gasteiger partial charge >= 0.3 is 22.4 Å². The molecule has 16 heavy (non-hydrogen) atoms. The lowest BCUT2D eigenvalue weighted by Gasteiger charge is -2.36. The number of halogens is 9. The smallest absolute Gasteiger partial charge is 0.363 e. The van der Waals surface area contributed by atoms with Crippen LogP contribution in [0.25, 0.3) is 0 Å². The van der Waals surface area contributed by atoms with Crippen LogP contribution in [0.2, 0.25) is 0 Å². The monoisotopic (exact) mass is 298 g/mol. The third kappa shape index (κ3) is 2.18. The number of hydrogen-bond donors (Lipinski definition) is 2. The van der Waals surface area contributed by atoms with E-state index in [1.165, 1.54) is 0 Å². The van der Waals surface area contributed by atoms with Gasteiger partial charge in [-0.3, -0.25) is 0 Å². The molecule has 2 nitrogen and oxygen atoms in total. The van der Waals surface area contributed by atoms with Gasteiger partial charge in [-0.1, -0.05) is 11.6 Å². The minimum atomic E-state index is -6.32. The van der Waals surface area contributed by atoms with Crippen molar-refractivity contribution in [2.24, 2.45) is 0 Å². The fraction of sp³-hybridized carbons (Fsp3) is 1.00. The van der Waals surface area contributed by atoms with Crippen molar-refractivity contribution in [3.8, 4) is 0 Å². The third-order valence-electron chi connectivity index (χ3n) is 1.49. The van der Waals surface area contributed by atoms with E-state index >= 15 is 0 Å². The first kappa shape index (κ1) is 16.0. The van der Waals surface area contributed by atoms with Gasteiger partial charge in [-0.25, -0.2) is 4.39 Å². The van der Waals surface area contributed by atoms with Gasteiger partial charge in [0.1, 0.15) is 0 Å². The maximum atomic E-state index is 12.7. The largest absolute Gasteiger partial charge is 0.375 e. The van der Waals surface area contributed by atoms with E-state index in [0.717, 1.165) is 0 Å². The van der Waals surface area contributed by atoms with Crippen LogP contribution >= 0.6 is 23.2 Å². The van der Waals surface area contributed by atoms with Gasteiger partial charge in [0.25, 0.3) is 0 Å². The fourth-order valence-electron chi connectivity index (χ4n) is 0.549. The second-order valence-electron chi connectivity index (χ2n) is 2.64. The van der Waals surface area contributed by atoms with Crippen molar-refractivity contribution >= 4 is 23.2 Å². The molecule has 0 spiro atoms. The molecule has 0 saturated heterocycles. The molecule has 0 aliphatic rings. The molecule has 2 N–H and O–H groups in total. The van der Waals surface area contributed by atoms with Crippen molar-refractivity contribution in [3.63, 3.8) is 0 Å². The summed E-state index contributed by atoms with van der Waals surface area (Å²) in [5.41, 5.74) is 0. The van der Waals surface area contributed by atoms with Crippen molar-refractivity contribution in [2.45, 2.75) is 28.6 Å². The molecule has 98 valence electrons. The highest BCUT2D eigenvalue weighted by Crippen LogP contribution is 2.55. The zero-order valence-corrected chi connectivity index (χ0v) is 8.39. The van der Waals surface area contributed by atoms with Crippen molar-refractivity contribution in [1.29, 1.82) is 0 Å². The van der Waals surface area contributed by atoms with Crippen LogP contribution in [0.5, 0.6) is 0 Å². The molecule has 0 radical (unpaired) electrons. The summed E-state index contributed by atoms with van der Waals surface area (Å²) in [6, 6.07) is 0. The Morgan fingerprint density at radius 2 is 1.12 bits per heavy atom. The summed E-state index contributed by atoms with van der Waals surface area (Å²) >= 11 is 7.73. The van der Waals surface area contributed by atoms with Crippen LogP contribution in [-0.4, -0.2) is 38.9 Å². The Labute approximate surface area is 93.6 Å². The molecule has 0 fully saturated rings. The molecule has 0 heterocycles. The lowest BCUT2D eigenvalue weighted by molar-refractivity contribution is -0.339. The minimum Gasteiger partial charge on any atom is -0.363 e. The molecule has 0 aromatic heterocycles. The van der Waals surface area contributed by atoms with E-state index < -0.39 is 28.6 Å². The first-order valence-corrected chi connectivity index (χ1v) is 4.01. The average molecular weight is 299 g/mol. The van der Waals surface area contributed by atoms with Gasteiger partial charge in [0.2, 0.25) is 6.29 Å². The zero-order valence-electron chi connectivity index (χ0n) is 6.87. The van der Waals surface area contributed by atoms with Crippen molar-refractivity contribution in [2.75, 3.05) is 0 Å². The summed E-state index contributed by atoms with van der Waals surface area (Å²) in [6.07, 6.45) is -4.10. The van der Waals surface area contributed by atoms with Gasteiger partial charge in [0.05, 0.1) is 0 Å². The summed E-state index contributed by atoms with van der Waals surface area (Å²) in [5, 5.41) is 4.46. The van der Waals surface area contributed by atoms with Crippen molar-refractivity contribution in [1.82, 2.24) is 0 Å². The quantitative estimate of drug-likeness (QED) is 0.475. The minimum absolute atomic E-state index is 3.80. The molecular weight excluding hydrogens is 296 g/mol. The second kappa shape index (κ2) is 4.04. The Morgan fingerprint density at radius 1 is 0.812 bits per heavy atom. The fourth-order valence-corrected chi connectivity index (χ4v) is 0.794. The van der Waals surface area contributed by atoms with E-state index in [-0.39, 0.29) is 0 Å². The summed E-state index contributed by atoms with van der Waals surface area (Å²) in [6.45, 7) is 0. The Hall–Kier alpha value is 0.01000. The standard InChI is InChI=1S/C5H3Cl2F7O2/c6-3(10,5(7,13)14)4(11,12)2(8,9)1(15)16/h1,15-16H. The van der Waals surface area contributed by atoms with Crippen LogP contribution in [-0.2, 0) is 0 Å². The van der Waals surface area contributed by atoms with Crippen LogP contribution in [0.4, 0.5) is 30.7 Å². The summed E-state index contributed by atoms with van der Waals surface area (Å²) in [4.78, 5) is 0. The Morgan fingerprint density at radius 3 is 1.31 bits per heavy atom. The highest BCUT2D eigenvalue weighted by Gasteiger charge is 2.80. The van der Waals surface area contributed by atoms with Crippen LogP contribution in [0.15, 0.2) is 0 Å². The van der Waals surface area contributed by atoms with Gasteiger partial charge in [-0.15, -0.1) is 0 Å². The van der Waals surface area contributed by atoms with E-state index in [0.29, 0.717) is 0 Å². The summed E-state index contributed by atoms with van der Waals surface area (Å²) in [7, 11) is 0. The molecule has 0 saturated carbocycles. The topological polar surface area (TPSA) is 40.5 Å². The molecule has 0 aromatic carbocycles. The predicted molar refractivity (Wildman–Crippen MR) is 38.6 cm³/mol. The van der Waals surface area contributed by atoms with Gasteiger partial charge in [0, 0.05) is 0 Å². The molecule has 11 heteroatoms. The molecule has 0 bridgehead atoms. The molecule has 0 aliphatic heterocycles. The summed E-state index contributed by atoms with van der Waals surface area (Å²) < 4.78 is 86.7. The maximum absolute atomic E-state index is 12.7. The van der Waals surface area contributed by atoms with Crippen LogP contribution < -0.4 is 0 Å². The maximum Gasteiger partial charge on any atom is 0.375 e. The summed E-state index contributed by atoms with van der Waals surface area (Å²) in [5.74, 6) is -12.3. The van der Waals surface area contributed by atoms with Crippen molar-refractivity contribution < 1.29 is 40.9 Å². The van der Waals surface area contributed by atoms with Gasteiger partial charge in [-0.05, 0) is 11.6 Å². The zero-order chi connectivity index (χ0) is 13.6. The first-order valence-electron chi connectivity index (χ1n) is 3.26. The van der Waals surface area contributed by atoms with Gasteiger partial charge in [0.15, 0.2) is 0 Å². The Balaban J connectivity index is 5.53. The lowest BCUT2D eigenvalue weighted by Crippen LogP contribution is -2.63. The average Bonchev–Trinajstić information content (AvgIpc) is 2.00. The molecule has 1 atom stereocenters. The number of rotatable bonds is 4. The second-order valence-corrected chi connectivity index (χ2v) is 3.64. The van der Waals surface area contributed by atoms with Gasteiger partial charge < -0.3 is 10.2 Å². The number of alkyl halides is 9. The number of hydrogen-bond acceptors (Lipinski definition) is 2. The highest BCUT2D eigenvalue weighted by atomic mass is 35.5. The number of aliphatic hydroxyl groups excluding tert-OH is 1. The van der Waals surface area contributed by atoms with Crippen molar-refractivity contribution in [3.05, 3.63) is 0 Å². The van der Waals surface area contributed by atoms with E-state index in [1.54, 1.807) is 0 Å². The lowest BCUT2D eigenvalue weighted by atomic mass is 10.1. The number of aliphatic hydroxyl groups is 2. The predicted octanol–water partition coefficient (Wildman–Crippen LogP) is 2.30. The third-order valence-corrected chi connectivity index (χ3v) is 2.33. The van der Waals surface area contributed by atoms with E-state index in [2.05, 4.69) is 23.2 Å². The van der Waals surface area contributed by atoms with Crippen LogP contribution in [0.1, 0.15) is 0 Å². The Bertz CT molecular complexity index is 262. The molecule has 0 aromatic rings. The van der Waals surface area contributed by atoms with E-state index in [1.807, 2.05) is 0 Å². The molecule has 1 unspecified atom stereocenters. The van der Waals surface area contributed by atoms with Crippen LogP contribution in [0.3, 0.4) is 0 Å². The van der Waals surface area contributed by atoms with Gasteiger partial charge in [-0.2, -0.15) is 26.3 Å². The van der Waals surface area contributed by atoms with Crippen LogP contribution in [0, 0.1) is 0 Å². The Kier molecular flexibility index (Phi) is 4.04. The first-order chi connectivity index (χ1) is 6.69. The molecule has 0 amide bonds. The highest BCUT2D eigenvalue weighted by molar-refractivity contribution is 6.33. The SMILES string of the molecule is OC(O)C(F)(F)C(F)(F)C(F)(Cl)C(F)(F)Cl. The normalized spacial score (nSPS) is 18.8. The molecule has 0 aliphatic carbocycles.